The molecule has 1 aromatic heterocycles. The monoisotopic (exact) mass is 462 g/mol. The molecule has 0 spiro atoms. The van der Waals surface area contributed by atoms with E-state index in [1.807, 2.05) is 57.3 Å². The molecule has 0 unspecified atom stereocenters. The molecule has 7 heteroatoms. The summed E-state index contributed by atoms with van der Waals surface area (Å²) in [5.41, 5.74) is -0.833. The van der Waals surface area contributed by atoms with Crippen molar-refractivity contribution in [2.45, 2.75) is 52.2 Å². The van der Waals surface area contributed by atoms with E-state index in [1.165, 1.54) is 11.3 Å². The number of hydrogen-bond acceptors (Lipinski definition) is 4. The molecule has 0 saturated carbocycles. The van der Waals surface area contributed by atoms with Crippen molar-refractivity contribution in [1.29, 1.82) is 0 Å². The molecule has 1 aromatic carbocycles. The van der Waals surface area contributed by atoms with Gasteiger partial charge in [-0.05, 0) is 41.5 Å². The first kappa shape index (κ1) is 23.8. The lowest BCUT2D eigenvalue weighted by atomic mass is 9.66. The van der Waals surface area contributed by atoms with Crippen LogP contribution in [-0.2, 0) is 21.6 Å². The Bertz CT molecular complexity index is 911. The Hall–Kier alpha value is -1.89. The average Bonchev–Trinajstić information content (AvgIpc) is 3.21. The Morgan fingerprint density at radius 3 is 2.45 bits per heavy atom. The van der Waals surface area contributed by atoms with E-state index in [4.69, 9.17) is 11.6 Å². The maximum absolute atomic E-state index is 13.4. The van der Waals surface area contributed by atoms with Gasteiger partial charge in [0.15, 0.2) is 0 Å². The van der Waals surface area contributed by atoms with Crippen LogP contribution in [0.15, 0.2) is 41.8 Å². The van der Waals surface area contributed by atoms with Gasteiger partial charge >= 0.3 is 0 Å². The molecule has 0 bridgehead atoms. The second-order valence-corrected chi connectivity index (χ2v) is 10.8. The summed E-state index contributed by atoms with van der Waals surface area (Å²) in [6.45, 7) is 8.64. The molecule has 2 amide bonds. The number of nitrogens with one attached hydrogen (secondary N) is 1. The highest BCUT2D eigenvalue weighted by molar-refractivity contribution is 7.10. The molecule has 2 aromatic rings. The third-order valence-electron chi connectivity index (χ3n) is 6.25. The van der Waals surface area contributed by atoms with Crippen LogP contribution >= 0.6 is 22.9 Å². The molecule has 1 aliphatic rings. The lowest BCUT2D eigenvalue weighted by molar-refractivity contribution is -0.156. The van der Waals surface area contributed by atoms with E-state index < -0.39 is 17.1 Å². The molecule has 2 heterocycles. The van der Waals surface area contributed by atoms with Crippen molar-refractivity contribution in [3.63, 3.8) is 0 Å². The third-order valence-corrected chi connectivity index (χ3v) is 7.38. The number of likely N-dealkylation sites (tertiary alicyclic amines) is 1. The molecule has 168 valence electrons. The average molecular weight is 463 g/mol. The van der Waals surface area contributed by atoms with Crippen LogP contribution in [0.2, 0.25) is 5.02 Å². The molecular weight excluding hydrogens is 432 g/mol. The van der Waals surface area contributed by atoms with E-state index >= 15 is 0 Å². The number of carbonyl (C=O) groups excluding carboxylic acids is 2. The van der Waals surface area contributed by atoms with Crippen molar-refractivity contribution >= 4 is 34.8 Å². The van der Waals surface area contributed by atoms with Gasteiger partial charge in [-0.25, -0.2) is 0 Å². The number of benzene rings is 1. The van der Waals surface area contributed by atoms with Crippen LogP contribution < -0.4 is 5.32 Å². The Balaban J connectivity index is 1.72. The molecule has 0 radical (unpaired) electrons. The first-order valence-corrected chi connectivity index (χ1v) is 11.9. The molecule has 1 aliphatic heterocycles. The van der Waals surface area contributed by atoms with Crippen LogP contribution in [0.5, 0.6) is 0 Å². The Labute approximate surface area is 193 Å². The molecule has 3 rings (SSSR count). The van der Waals surface area contributed by atoms with Crippen LogP contribution in [0.1, 0.15) is 44.6 Å². The fourth-order valence-corrected chi connectivity index (χ4v) is 5.11. The van der Waals surface area contributed by atoms with Gasteiger partial charge < -0.3 is 15.3 Å². The van der Waals surface area contributed by atoms with E-state index in [1.54, 1.807) is 17.0 Å². The van der Waals surface area contributed by atoms with Gasteiger partial charge in [-0.15, -0.1) is 11.3 Å². The van der Waals surface area contributed by atoms with Gasteiger partial charge in [0, 0.05) is 28.4 Å². The van der Waals surface area contributed by atoms with Gasteiger partial charge in [0.25, 0.3) is 0 Å². The molecular formula is C24H31ClN2O3S. The summed E-state index contributed by atoms with van der Waals surface area (Å²) in [5, 5.41) is 17.0. The first-order chi connectivity index (χ1) is 14.5. The minimum atomic E-state index is -1.07. The fraction of sp³-hybridized carbons (Fsp3) is 0.500. The smallest absolute Gasteiger partial charge is 0.245 e. The minimum absolute atomic E-state index is 0.0417. The number of rotatable bonds is 6. The highest BCUT2D eigenvalue weighted by atomic mass is 35.5. The van der Waals surface area contributed by atoms with Gasteiger partial charge in [-0.2, -0.15) is 0 Å². The second-order valence-electron chi connectivity index (χ2n) is 9.31. The fourth-order valence-electron chi connectivity index (χ4n) is 4.28. The maximum atomic E-state index is 13.4. The van der Waals surface area contributed by atoms with E-state index in [2.05, 4.69) is 5.32 Å². The quantitative estimate of drug-likeness (QED) is 0.674. The van der Waals surface area contributed by atoms with Crippen molar-refractivity contribution in [3.05, 3.63) is 57.2 Å². The highest BCUT2D eigenvalue weighted by Crippen LogP contribution is 2.46. The number of thiophene rings is 1. The van der Waals surface area contributed by atoms with Gasteiger partial charge in [0.2, 0.25) is 11.8 Å². The number of hydrogen-bond donors (Lipinski definition) is 2. The summed E-state index contributed by atoms with van der Waals surface area (Å²) in [6.07, 6.45) is 0.692. The minimum Gasteiger partial charge on any atom is -0.384 e. The van der Waals surface area contributed by atoms with Gasteiger partial charge in [0.05, 0.1) is 12.0 Å². The lowest BCUT2D eigenvalue weighted by Gasteiger charge is -2.51. The van der Waals surface area contributed by atoms with E-state index in [0.29, 0.717) is 24.5 Å². The van der Waals surface area contributed by atoms with Crippen LogP contribution in [0.25, 0.3) is 0 Å². The highest BCUT2D eigenvalue weighted by Gasteiger charge is 2.50. The Morgan fingerprint density at radius 2 is 1.90 bits per heavy atom. The number of nitrogens with zero attached hydrogens (tertiary/aromatic N) is 1. The molecule has 2 atom stereocenters. The maximum Gasteiger partial charge on any atom is 0.245 e. The van der Waals surface area contributed by atoms with Gasteiger partial charge in [-0.1, -0.05) is 57.5 Å². The summed E-state index contributed by atoms with van der Waals surface area (Å²) < 4.78 is 0. The Morgan fingerprint density at radius 1 is 1.23 bits per heavy atom. The summed E-state index contributed by atoms with van der Waals surface area (Å²) in [7, 11) is 0. The van der Waals surface area contributed by atoms with E-state index in [0.717, 1.165) is 10.4 Å². The zero-order valence-electron chi connectivity index (χ0n) is 18.5. The summed E-state index contributed by atoms with van der Waals surface area (Å²) in [4.78, 5) is 28.7. The van der Waals surface area contributed by atoms with E-state index in [9.17, 15) is 14.7 Å². The van der Waals surface area contributed by atoms with Crippen LogP contribution in [0.4, 0.5) is 0 Å². The molecule has 1 fully saturated rings. The molecule has 5 nitrogen and oxygen atoms in total. The van der Waals surface area contributed by atoms with Gasteiger partial charge in [0.1, 0.15) is 6.04 Å². The first-order valence-electron chi connectivity index (χ1n) is 10.6. The van der Waals surface area contributed by atoms with Crippen molar-refractivity contribution in [2.24, 2.45) is 11.3 Å². The van der Waals surface area contributed by atoms with Crippen molar-refractivity contribution in [1.82, 2.24) is 10.2 Å². The number of aliphatic hydroxyl groups is 1. The summed E-state index contributed by atoms with van der Waals surface area (Å²) >= 11 is 7.54. The zero-order chi connectivity index (χ0) is 22.8. The van der Waals surface area contributed by atoms with E-state index in [-0.39, 0.29) is 24.2 Å². The second kappa shape index (κ2) is 9.31. The standard InChI is InChI=1S/C24H31ClN2O3S/c1-16(2)21(26-20(28)14-19-6-5-13-31-19)22(29)27-12-11-24(30,23(3,4)15-27)17-7-9-18(25)10-8-17/h5-10,13,16,21,30H,11-12,14-15H2,1-4H3,(H,26,28)/t21-,24+/m1/s1. The molecule has 2 N–H and O–H groups in total. The topological polar surface area (TPSA) is 69.6 Å². The van der Waals surface area contributed by atoms with Crippen molar-refractivity contribution in [2.75, 3.05) is 13.1 Å². The number of amides is 2. The molecule has 0 aliphatic carbocycles. The third kappa shape index (κ3) is 5.13. The zero-order valence-corrected chi connectivity index (χ0v) is 20.1. The summed E-state index contributed by atoms with van der Waals surface area (Å²) in [6, 6.07) is 10.5. The van der Waals surface area contributed by atoms with Crippen molar-refractivity contribution < 1.29 is 14.7 Å². The molecule has 1 saturated heterocycles. The predicted octanol–water partition coefficient (Wildman–Crippen LogP) is 4.23. The number of carbonyl (C=O) groups is 2. The van der Waals surface area contributed by atoms with Crippen LogP contribution in [0, 0.1) is 11.3 Å². The normalized spacial score (nSPS) is 21.7. The Kier molecular flexibility index (Phi) is 7.14. The SMILES string of the molecule is CC(C)[C@@H](NC(=O)Cc1cccs1)C(=O)N1CC[C@](O)(c2ccc(Cl)cc2)C(C)(C)C1. The summed E-state index contributed by atoms with van der Waals surface area (Å²) in [5.74, 6) is -0.288. The predicted molar refractivity (Wildman–Crippen MR) is 125 cm³/mol. The van der Waals surface area contributed by atoms with Crippen LogP contribution in [-0.4, -0.2) is 41.0 Å². The number of piperidine rings is 1. The van der Waals surface area contributed by atoms with Crippen molar-refractivity contribution in [3.8, 4) is 0 Å². The largest absolute Gasteiger partial charge is 0.384 e. The lowest BCUT2D eigenvalue weighted by Crippen LogP contribution is -2.60. The van der Waals surface area contributed by atoms with Gasteiger partial charge in [-0.3, -0.25) is 9.59 Å². The number of halogens is 1. The van der Waals surface area contributed by atoms with Crippen LogP contribution in [0.3, 0.4) is 0 Å². The molecule has 31 heavy (non-hydrogen) atoms.